The lowest BCUT2D eigenvalue weighted by Crippen LogP contribution is -2.41. The van der Waals surface area contributed by atoms with Gasteiger partial charge in [0.15, 0.2) is 0 Å². The molecule has 0 aromatic heterocycles. The normalized spacial score (nSPS) is 18.5. The van der Waals surface area contributed by atoms with Crippen LogP contribution in [-0.2, 0) is 23.0 Å². The van der Waals surface area contributed by atoms with Gasteiger partial charge < -0.3 is 5.32 Å². The Labute approximate surface area is 152 Å². The van der Waals surface area contributed by atoms with Crippen LogP contribution in [0.1, 0.15) is 17.5 Å². The van der Waals surface area contributed by atoms with Gasteiger partial charge in [-0.05, 0) is 42.2 Å². The van der Waals surface area contributed by atoms with Crippen LogP contribution in [0.15, 0.2) is 53.0 Å². The Kier molecular flexibility index (Phi) is 5.27. The predicted molar refractivity (Wildman–Crippen MR) is 102 cm³/mol. The fourth-order valence-electron chi connectivity index (χ4n) is 3.10. The van der Waals surface area contributed by atoms with Crippen molar-refractivity contribution in [2.45, 2.75) is 25.4 Å². The molecular formula is C18H21BrN2O2S. The van der Waals surface area contributed by atoms with Crippen LogP contribution in [-0.4, -0.2) is 31.6 Å². The minimum atomic E-state index is -3.28. The lowest BCUT2D eigenvalue weighted by atomic mass is 10.1. The van der Waals surface area contributed by atoms with E-state index in [0.717, 1.165) is 28.6 Å². The number of halogens is 1. The van der Waals surface area contributed by atoms with Gasteiger partial charge in [0.2, 0.25) is 10.0 Å². The smallest absolute Gasteiger partial charge is 0.211 e. The summed E-state index contributed by atoms with van der Waals surface area (Å²) >= 11 is 3.47. The second-order valence-corrected chi connectivity index (χ2v) is 9.02. The summed E-state index contributed by atoms with van der Waals surface area (Å²) in [5, 5.41) is 3.41. The van der Waals surface area contributed by atoms with E-state index in [4.69, 9.17) is 0 Å². The van der Waals surface area contributed by atoms with Crippen molar-refractivity contribution < 1.29 is 8.42 Å². The Morgan fingerprint density at radius 1 is 1.21 bits per heavy atom. The van der Waals surface area contributed by atoms with Crippen LogP contribution in [0.3, 0.4) is 0 Å². The lowest BCUT2D eigenvalue weighted by molar-refractivity contribution is 0.315. The minimum Gasteiger partial charge on any atom is -0.383 e. The third kappa shape index (κ3) is 4.18. The van der Waals surface area contributed by atoms with E-state index in [2.05, 4.69) is 33.4 Å². The summed E-state index contributed by atoms with van der Waals surface area (Å²) < 4.78 is 27.3. The van der Waals surface area contributed by atoms with E-state index in [1.54, 1.807) is 4.31 Å². The van der Waals surface area contributed by atoms with Gasteiger partial charge in [-0.25, -0.2) is 8.42 Å². The van der Waals surface area contributed by atoms with Crippen molar-refractivity contribution >= 4 is 31.6 Å². The Morgan fingerprint density at radius 2 is 1.96 bits per heavy atom. The lowest BCUT2D eigenvalue weighted by Gasteiger charge is -2.27. The maximum absolute atomic E-state index is 12.3. The quantitative estimate of drug-likeness (QED) is 0.839. The van der Waals surface area contributed by atoms with Crippen LogP contribution in [0.2, 0.25) is 0 Å². The summed E-state index contributed by atoms with van der Waals surface area (Å²) in [7, 11) is -3.28. The maximum atomic E-state index is 12.3. The van der Waals surface area contributed by atoms with Gasteiger partial charge in [-0.1, -0.05) is 46.3 Å². The zero-order valence-corrected chi connectivity index (χ0v) is 16.0. The van der Waals surface area contributed by atoms with Crippen LogP contribution in [0.4, 0.5) is 5.69 Å². The highest BCUT2D eigenvalue weighted by Crippen LogP contribution is 2.28. The van der Waals surface area contributed by atoms with Crippen molar-refractivity contribution in [2.75, 3.05) is 18.1 Å². The standard InChI is InChI=1S/C18H21BrN2O2S/c1-24(22,23)21-13-15-11-16(19)8-10-18(15)20-12-17(21)9-7-14-5-3-2-4-6-14/h2-6,8,10-11,17,20H,7,9,12-13H2,1H3. The first-order valence-corrected chi connectivity index (χ1v) is 10.6. The summed E-state index contributed by atoms with van der Waals surface area (Å²) in [6.07, 6.45) is 2.95. The first-order valence-electron chi connectivity index (χ1n) is 7.96. The first kappa shape index (κ1) is 17.5. The molecule has 24 heavy (non-hydrogen) atoms. The number of nitrogens with one attached hydrogen (secondary N) is 1. The van der Waals surface area contributed by atoms with Gasteiger partial charge in [0.05, 0.1) is 6.26 Å². The Morgan fingerprint density at radius 3 is 2.67 bits per heavy atom. The number of benzene rings is 2. The molecule has 1 aliphatic heterocycles. The maximum Gasteiger partial charge on any atom is 0.211 e. The number of aryl methyl sites for hydroxylation is 1. The Hall–Kier alpha value is -1.37. The van der Waals surface area contributed by atoms with Crippen molar-refractivity contribution in [3.05, 3.63) is 64.1 Å². The van der Waals surface area contributed by atoms with Gasteiger partial charge >= 0.3 is 0 Å². The van der Waals surface area contributed by atoms with Gasteiger partial charge in [-0.15, -0.1) is 0 Å². The van der Waals surface area contributed by atoms with Crippen molar-refractivity contribution in [3.63, 3.8) is 0 Å². The monoisotopic (exact) mass is 408 g/mol. The summed E-state index contributed by atoms with van der Waals surface area (Å²) in [5.74, 6) is 0. The molecule has 1 heterocycles. The second kappa shape index (κ2) is 7.25. The first-order chi connectivity index (χ1) is 11.4. The molecule has 1 N–H and O–H groups in total. The number of sulfonamides is 1. The molecule has 6 heteroatoms. The highest BCUT2D eigenvalue weighted by atomic mass is 79.9. The topological polar surface area (TPSA) is 49.4 Å². The SMILES string of the molecule is CS(=O)(=O)N1Cc2cc(Br)ccc2NCC1CCc1ccccc1. The molecule has 3 rings (SSSR count). The van der Waals surface area contributed by atoms with Crippen molar-refractivity contribution in [1.82, 2.24) is 4.31 Å². The fourth-order valence-corrected chi connectivity index (χ4v) is 4.61. The average Bonchev–Trinajstić information content (AvgIpc) is 2.73. The van der Waals surface area contributed by atoms with E-state index in [1.807, 2.05) is 36.4 Å². The van der Waals surface area contributed by atoms with Crippen LogP contribution in [0, 0.1) is 0 Å². The van der Waals surface area contributed by atoms with Crippen LogP contribution >= 0.6 is 15.9 Å². The average molecular weight is 409 g/mol. The molecule has 128 valence electrons. The van der Waals surface area contributed by atoms with Crippen molar-refractivity contribution in [3.8, 4) is 0 Å². The highest BCUT2D eigenvalue weighted by Gasteiger charge is 2.29. The Bertz CT molecular complexity index is 809. The zero-order chi connectivity index (χ0) is 17.2. The number of hydrogen-bond acceptors (Lipinski definition) is 3. The molecule has 0 amide bonds. The second-order valence-electron chi connectivity index (χ2n) is 6.17. The number of rotatable bonds is 4. The number of anilines is 1. The molecule has 1 unspecified atom stereocenters. The van der Waals surface area contributed by atoms with Crippen molar-refractivity contribution in [2.24, 2.45) is 0 Å². The number of nitrogens with zero attached hydrogens (tertiary/aromatic N) is 1. The van der Waals surface area contributed by atoms with Gasteiger partial charge in [0.25, 0.3) is 0 Å². The van der Waals surface area contributed by atoms with E-state index in [9.17, 15) is 8.42 Å². The molecule has 1 atom stereocenters. The number of fused-ring (bicyclic) bond motifs is 1. The van der Waals surface area contributed by atoms with Crippen LogP contribution < -0.4 is 5.32 Å². The summed E-state index contributed by atoms with van der Waals surface area (Å²) in [6, 6.07) is 16.1. The molecule has 0 saturated carbocycles. The molecule has 2 aromatic rings. The largest absolute Gasteiger partial charge is 0.383 e. The van der Waals surface area contributed by atoms with Gasteiger partial charge in [-0.2, -0.15) is 4.31 Å². The van der Waals surface area contributed by atoms with Crippen molar-refractivity contribution in [1.29, 1.82) is 0 Å². The zero-order valence-electron chi connectivity index (χ0n) is 13.6. The molecule has 0 fully saturated rings. The van der Waals surface area contributed by atoms with E-state index in [0.29, 0.717) is 13.1 Å². The summed E-state index contributed by atoms with van der Waals surface area (Å²) in [4.78, 5) is 0. The van der Waals surface area contributed by atoms with Gasteiger partial charge in [-0.3, -0.25) is 0 Å². The van der Waals surface area contributed by atoms with E-state index in [-0.39, 0.29) is 6.04 Å². The van der Waals surface area contributed by atoms with E-state index >= 15 is 0 Å². The fraction of sp³-hybridized carbons (Fsp3) is 0.333. The highest BCUT2D eigenvalue weighted by molar-refractivity contribution is 9.10. The third-order valence-corrected chi connectivity index (χ3v) is 6.14. The van der Waals surface area contributed by atoms with Gasteiger partial charge in [0.1, 0.15) is 0 Å². The Balaban J connectivity index is 1.83. The number of hydrogen-bond donors (Lipinski definition) is 1. The molecule has 0 spiro atoms. The van der Waals surface area contributed by atoms with Gasteiger partial charge in [0, 0.05) is 29.3 Å². The minimum absolute atomic E-state index is 0.0635. The van der Waals surface area contributed by atoms with Crippen LogP contribution in [0.25, 0.3) is 0 Å². The summed E-state index contributed by atoms with van der Waals surface area (Å²) in [6.45, 7) is 1.02. The molecule has 0 saturated heterocycles. The van der Waals surface area contributed by atoms with E-state index < -0.39 is 10.0 Å². The summed E-state index contributed by atoms with van der Waals surface area (Å²) in [5.41, 5.74) is 3.24. The molecule has 0 radical (unpaired) electrons. The molecule has 0 aliphatic carbocycles. The third-order valence-electron chi connectivity index (χ3n) is 4.36. The molecular weight excluding hydrogens is 388 g/mol. The molecule has 2 aromatic carbocycles. The van der Waals surface area contributed by atoms with E-state index in [1.165, 1.54) is 11.8 Å². The van der Waals surface area contributed by atoms with Crippen LogP contribution in [0.5, 0.6) is 0 Å². The molecule has 4 nitrogen and oxygen atoms in total. The molecule has 0 bridgehead atoms. The predicted octanol–water partition coefficient (Wildman–Crippen LogP) is 3.64. The molecule has 1 aliphatic rings.